The summed E-state index contributed by atoms with van der Waals surface area (Å²) in [4.78, 5) is 29.6. The van der Waals surface area contributed by atoms with Crippen molar-refractivity contribution in [3.05, 3.63) is 72.3 Å². The molecule has 5 rings (SSSR count). The lowest BCUT2D eigenvalue weighted by Crippen LogP contribution is -2.63. The Morgan fingerprint density at radius 3 is 2.59 bits per heavy atom. The fourth-order valence-corrected chi connectivity index (χ4v) is 5.07. The molecule has 2 aromatic heterocycles. The number of amides is 2. The molecular weight excluding hydrogens is 502 g/mol. The highest BCUT2D eigenvalue weighted by Gasteiger charge is 2.38. The molecule has 1 unspecified atom stereocenters. The average Bonchev–Trinajstić information content (AvgIpc) is 3.32. The number of alkyl halides is 1. The molecule has 2 amide bonds. The van der Waals surface area contributed by atoms with E-state index in [1.54, 1.807) is 30.3 Å². The molecule has 0 spiro atoms. The van der Waals surface area contributed by atoms with Crippen LogP contribution in [0.3, 0.4) is 0 Å². The molecule has 3 heterocycles. The van der Waals surface area contributed by atoms with E-state index in [2.05, 4.69) is 25.2 Å². The first-order valence-corrected chi connectivity index (χ1v) is 12.9. The van der Waals surface area contributed by atoms with Crippen molar-refractivity contribution in [1.82, 2.24) is 25.2 Å². The predicted octanol–water partition coefficient (Wildman–Crippen LogP) is 5.83. The van der Waals surface area contributed by atoms with Crippen LogP contribution in [0.25, 0.3) is 22.3 Å². The first-order chi connectivity index (χ1) is 18.6. The average molecular weight is 535 g/mol. The summed E-state index contributed by atoms with van der Waals surface area (Å²) in [5.74, 6) is 0.911. The molecule has 1 fully saturated rings. The van der Waals surface area contributed by atoms with Gasteiger partial charge in [0, 0.05) is 32.3 Å². The van der Waals surface area contributed by atoms with E-state index in [0.717, 1.165) is 28.0 Å². The molecule has 8 nitrogen and oxygen atoms in total. The fourth-order valence-electron chi connectivity index (χ4n) is 5.07. The van der Waals surface area contributed by atoms with Crippen LogP contribution in [0.1, 0.15) is 39.3 Å². The first-order valence-electron chi connectivity index (χ1n) is 12.9. The monoisotopic (exact) mass is 534 g/mol. The van der Waals surface area contributed by atoms with Gasteiger partial charge in [-0.3, -0.25) is 0 Å². The number of aromatic nitrogens is 3. The van der Waals surface area contributed by atoms with Gasteiger partial charge in [-0.1, -0.05) is 12.1 Å². The summed E-state index contributed by atoms with van der Waals surface area (Å²) in [7, 11) is 0. The van der Waals surface area contributed by atoms with Gasteiger partial charge in [-0.15, -0.1) is 0 Å². The fraction of sp³-hybridized carbons (Fsp3) is 0.345. The van der Waals surface area contributed by atoms with E-state index in [-0.39, 0.29) is 17.9 Å². The highest BCUT2D eigenvalue weighted by atomic mass is 19.1. The SMILES string of the molecule is CC(F)Oc1cccc([C@H](C)NC(=O)N2CCN(c3ncnc4[nH]c(-c5ccc(F)cc5)cc34)CC2(C)C)c1. The van der Waals surface area contributed by atoms with Crippen molar-refractivity contribution in [2.75, 3.05) is 24.5 Å². The maximum Gasteiger partial charge on any atom is 0.318 e. The van der Waals surface area contributed by atoms with Crippen molar-refractivity contribution >= 4 is 22.9 Å². The summed E-state index contributed by atoms with van der Waals surface area (Å²) in [6.07, 6.45) is 0.108. The quantitative estimate of drug-likeness (QED) is 0.325. The highest BCUT2D eigenvalue weighted by molar-refractivity contribution is 5.92. The van der Waals surface area contributed by atoms with Crippen LogP contribution in [-0.4, -0.2) is 57.4 Å². The lowest BCUT2D eigenvalue weighted by Gasteiger charge is -2.47. The standard InChI is InChI=1S/C29H32F2N6O2/c1-18(21-6-5-7-23(14-21)39-19(2)30)34-28(38)37-13-12-36(16-29(37,3)4)27-24-15-25(35-26(24)32-17-33-27)20-8-10-22(31)11-9-20/h5-11,14-15,17-19H,12-13,16H2,1-4H3,(H,34,38)(H,32,33,35)/t18-,19?/m0/s1. The number of hydrogen-bond acceptors (Lipinski definition) is 5. The Kier molecular flexibility index (Phi) is 7.12. The second-order valence-corrected chi connectivity index (χ2v) is 10.4. The Balaban J connectivity index is 1.30. The smallest absolute Gasteiger partial charge is 0.318 e. The number of urea groups is 1. The van der Waals surface area contributed by atoms with E-state index in [4.69, 9.17) is 4.74 Å². The topological polar surface area (TPSA) is 86.4 Å². The maximum absolute atomic E-state index is 13.4. The molecule has 4 aromatic rings. The van der Waals surface area contributed by atoms with Gasteiger partial charge < -0.3 is 24.8 Å². The number of piperazine rings is 1. The molecular formula is C29H32F2N6O2. The van der Waals surface area contributed by atoms with E-state index in [0.29, 0.717) is 31.0 Å². The van der Waals surface area contributed by atoms with Crippen LogP contribution < -0.4 is 15.0 Å². The number of carbonyl (C=O) groups excluding carboxylic acids is 1. The highest BCUT2D eigenvalue weighted by Crippen LogP contribution is 2.32. The van der Waals surface area contributed by atoms with E-state index in [1.807, 2.05) is 37.8 Å². The number of aromatic amines is 1. The lowest BCUT2D eigenvalue weighted by molar-refractivity contribution is 0.0858. The predicted molar refractivity (Wildman–Crippen MR) is 147 cm³/mol. The van der Waals surface area contributed by atoms with Gasteiger partial charge in [0.25, 0.3) is 0 Å². The van der Waals surface area contributed by atoms with Crippen LogP contribution in [0.15, 0.2) is 60.9 Å². The zero-order chi connectivity index (χ0) is 27.7. The van der Waals surface area contributed by atoms with Crippen molar-refractivity contribution in [1.29, 1.82) is 0 Å². The van der Waals surface area contributed by atoms with Gasteiger partial charge in [-0.25, -0.2) is 23.5 Å². The number of hydrogen-bond donors (Lipinski definition) is 2. The van der Waals surface area contributed by atoms with E-state index in [1.165, 1.54) is 25.4 Å². The molecule has 10 heteroatoms. The third-order valence-electron chi connectivity index (χ3n) is 7.00. The van der Waals surface area contributed by atoms with Gasteiger partial charge >= 0.3 is 6.03 Å². The van der Waals surface area contributed by atoms with Crippen molar-refractivity contribution in [2.45, 2.75) is 45.6 Å². The minimum Gasteiger partial charge on any atom is -0.461 e. The van der Waals surface area contributed by atoms with Gasteiger partial charge in [0.1, 0.15) is 29.4 Å². The van der Waals surface area contributed by atoms with Crippen molar-refractivity contribution in [3.63, 3.8) is 0 Å². The van der Waals surface area contributed by atoms with Crippen molar-refractivity contribution in [2.24, 2.45) is 0 Å². The van der Waals surface area contributed by atoms with Crippen LogP contribution in [0, 0.1) is 5.82 Å². The minimum absolute atomic E-state index is 0.176. The number of anilines is 1. The number of halogens is 2. The molecule has 0 saturated carbocycles. The van der Waals surface area contributed by atoms with E-state index in [9.17, 15) is 13.6 Å². The van der Waals surface area contributed by atoms with Crippen molar-refractivity contribution < 1.29 is 18.3 Å². The van der Waals surface area contributed by atoms with Gasteiger partial charge in [0.15, 0.2) is 0 Å². The summed E-state index contributed by atoms with van der Waals surface area (Å²) >= 11 is 0. The van der Waals surface area contributed by atoms with Gasteiger partial charge in [0.2, 0.25) is 6.36 Å². The van der Waals surface area contributed by atoms with Crippen molar-refractivity contribution in [3.8, 4) is 17.0 Å². The maximum atomic E-state index is 13.4. The van der Waals surface area contributed by atoms with Gasteiger partial charge in [-0.2, -0.15) is 0 Å². The largest absolute Gasteiger partial charge is 0.461 e. The Bertz CT molecular complexity index is 1470. The third-order valence-corrected chi connectivity index (χ3v) is 7.00. The van der Waals surface area contributed by atoms with E-state index >= 15 is 0 Å². The Morgan fingerprint density at radius 2 is 1.87 bits per heavy atom. The summed E-state index contributed by atoms with van der Waals surface area (Å²) < 4.78 is 31.8. The summed E-state index contributed by atoms with van der Waals surface area (Å²) in [5.41, 5.74) is 2.70. The number of nitrogens with zero attached hydrogens (tertiary/aromatic N) is 4. The molecule has 2 N–H and O–H groups in total. The number of rotatable bonds is 6. The Hall–Kier alpha value is -4.21. The Labute approximate surface area is 226 Å². The molecule has 1 aliphatic rings. The summed E-state index contributed by atoms with van der Waals surface area (Å²) in [6.45, 7) is 8.92. The number of H-pyrrole nitrogens is 1. The minimum atomic E-state index is -1.42. The summed E-state index contributed by atoms with van der Waals surface area (Å²) in [6, 6.07) is 14.9. The van der Waals surface area contributed by atoms with Crippen LogP contribution in [-0.2, 0) is 0 Å². The van der Waals surface area contributed by atoms with Gasteiger partial charge in [0.05, 0.1) is 17.0 Å². The zero-order valence-electron chi connectivity index (χ0n) is 22.4. The van der Waals surface area contributed by atoms with Crippen LogP contribution >= 0.6 is 0 Å². The molecule has 0 aliphatic carbocycles. The number of benzene rings is 2. The molecule has 2 aromatic carbocycles. The number of carbonyl (C=O) groups is 1. The number of ether oxygens (including phenoxy) is 1. The van der Waals surface area contributed by atoms with Crippen LogP contribution in [0.2, 0.25) is 0 Å². The van der Waals surface area contributed by atoms with Crippen LogP contribution in [0.5, 0.6) is 5.75 Å². The van der Waals surface area contributed by atoms with Crippen LogP contribution in [0.4, 0.5) is 19.4 Å². The second kappa shape index (κ2) is 10.5. The van der Waals surface area contributed by atoms with E-state index < -0.39 is 11.9 Å². The lowest BCUT2D eigenvalue weighted by atomic mass is 9.98. The molecule has 0 radical (unpaired) electrons. The number of fused-ring (bicyclic) bond motifs is 1. The second-order valence-electron chi connectivity index (χ2n) is 10.4. The molecule has 1 saturated heterocycles. The molecule has 1 aliphatic heterocycles. The third kappa shape index (κ3) is 5.64. The normalized spacial score (nSPS) is 16.7. The summed E-state index contributed by atoms with van der Waals surface area (Å²) in [5, 5.41) is 3.94. The first kappa shape index (κ1) is 26.4. The number of nitrogens with one attached hydrogen (secondary N) is 2. The molecule has 0 bridgehead atoms. The molecule has 2 atom stereocenters. The Morgan fingerprint density at radius 1 is 1.10 bits per heavy atom. The zero-order valence-corrected chi connectivity index (χ0v) is 22.4. The molecule has 39 heavy (non-hydrogen) atoms. The van der Waals surface area contributed by atoms with Gasteiger partial charge in [-0.05, 0) is 74.4 Å². The molecule has 204 valence electrons.